The molecule has 0 heterocycles. The van der Waals surface area contributed by atoms with E-state index in [1.54, 1.807) is 6.07 Å². The Morgan fingerprint density at radius 3 is 2.70 bits per heavy atom. The van der Waals surface area contributed by atoms with Crippen LogP contribution in [0.1, 0.15) is 45.6 Å². The molecule has 2 saturated carbocycles. The highest BCUT2D eigenvalue weighted by Crippen LogP contribution is 2.65. The smallest absolute Gasteiger partial charge is 0.120 e. The molecule has 3 atom stereocenters. The second-order valence-electron chi connectivity index (χ2n) is 7.32. The summed E-state index contributed by atoms with van der Waals surface area (Å²) in [6.45, 7) is 8.05. The fourth-order valence-electron chi connectivity index (χ4n) is 4.44. The first-order valence-electron chi connectivity index (χ1n) is 7.55. The molecule has 2 N–H and O–H groups in total. The van der Waals surface area contributed by atoms with Crippen LogP contribution < -0.4 is 5.32 Å². The zero-order valence-electron chi connectivity index (χ0n) is 12.5. The van der Waals surface area contributed by atoms with Crippen LogP contribution in [-0.2, 0) is 6.54 Å². The van der Waals surface area contributed by atoms with Crippen LogP contribution in [-0.4, -0.2) is 11.1 Å². The molecule has 2 fully saturated rings. The van der Waals surface area contributed by atoms with Gasteiger partial charge in [-0.2, -0.15) is 0 Å². The van der Waals surface area contributed by atoms with Crippen molar-refractivity contribution in [3.8, 4) is 5.75 Å². The lowest BCUT2D eigenvalue weighted by Crippen LogP contribution is -2.44. The van der Waals surface area contributed by atoms with Crippen LogP contribution in [0.4, 0.5) is 0 Å². The highest BCUT2D eigenvalue weighted by molar-refractivity contribution is 9.10. The zero-order chi connectivity index (χ0) is 14.5. The van der Waals surface area contributed by atoms with Crippen molar-refractivity contribution >= 4 is 15.9 Å². The number of nitrogens with one attached hydrogen (secondary N) is 1. The van der Waals surface area contributed by atoms with Gasteiger partial charge >= 0.3 is 0 Å². The van der Waals surface area contributed by atoms with Crippen LogP contribution in [0, 0.1) is 16.7 Å². The molecule has 20 heavy (non-hydrogen) atoms. The summed E-state index contributed by atoms with van der Waals surface area (Å²) in [7, 11) is 0. The number of aromatic hydroxyl groups is 1. The maximum atomic E-state index is 9.95. The molecule has 0 spiro atoms. The Labute approximate surface area is 130 Å². The lowest BCUT2D eigenvalue weighted by molar-refractivity contribution is 0.120. The van der Waals surface area contributed by atoms with E-state index in [0.29, 0.717) is 22.6 Å². The molecule has 3 unspecified atom stereocenters. The van der Waals surface area contributed by atoms with Crippen molar-refractivity contribution in [1.82, 2.24) is 5.32 Å². The molecular formula is C17H24BrNO. The monoisotopic (exact) mass is 337 g/mol. The van der Waals surface area contributed by atoms with Crippen LogP contribution in [0.3, 0.4) is 0 Å². The average Bonchev–Trinajstić information content (AvgIpc) is 2.72. The van der Waals surface area contributed by atoms with Crippen LogP contribution in [0.5, 0.6) is 5.75 Å². The van der Waals surface area contributed by atoms with Crippen molar-refractivity contribution in [3.63, 3.8) is 0 Å². The third kappa shape index (κ3) is 2.01. The number of phenolic OH excluding ortho intramolecular Hbond substituents is 1. The minimum Gasteiger partial charge on any atom is -0.508 e. The molecule has 1 aromatic carbocycles. The van der Waals surface area contributed by atoms with Gasteiger partial charge in [-0.3, -0.25) is 0 Å². The molecule has 2 aliphatic carbocycles. The van der Waals surface area contributed by atoms with Crippen molar-refractivity contribution in [2.75, 3.05) is 0 Å². The SMILES string of the molecule is CC1(C)C2CCC1(C)C(NCc1cc(Br)ccc1O)C2. The molecule has 0 radical (unpaired) electrons. The number of fused-ring (bicyclic) bond motifs is 2. The predicted octanol–water partition coefficient (Wildman–Crippen LogP) is 4.46. The Kier molecular flexibility index (Phi) is 3.41. The molecule has 0 aromatic heterocycles. The molecule has 0 amide bonds. The molecule has 2 bridgehead atoms. The van der Waals surface area contributed by atoms with E-state index in [0.717, 1.165) is 22.5 Å². The standard InChI is InChI=1S/C17H24BrNO/c1-16(2)12-6-7-17(16,3)15(9-12)19-10-11-8-13(18)4-5-14(11)20/h4-5,8,12,15,19-20H,6-7,9-10H2,1-3H3. The van der Waals surface area contributed by atoms with E-state index >= 15 is 0 Å². The van der Waals surface area contributed by atoms with Gasteiger partial charge in [-0.05, 0) is 54.2 Å². The van der Waals surface area contributed by atoms with Crippen molar-refractivity contribution in [2.24, 2.45) is 16.7 Å². The second kappa shape index (κ2) is 4.74. The normalized spacial score (nSPS) is 34.6. The van der Waals surface area contributed by atoms with E-state index in [9.17, 15) is 5.11 Å². The average molecular weight is 338 g/mol. The first-order valence-corrected chi connectivity index (χ1v) is 8.35. The number of benzene rings is 1. The van der Waals surface area contributed by atoms with Gasteiger partial charge in [-0.1, -0.05) is 36.7 Å². The number of hydrogen-bond donors (Lipinski definition) is 2. The Morgan fingerprint density at radius 2 is 2.10 bits per heavy atom. The highest BCUT2D eigenvalue weighted by Gasteiger charge is 2.60. The van der Waals surface area contributed by atoms with Crippen molar-refractivity contribution in [1.29, 1.82) is 0 Å². The summed E-state index contributed by atoms with van der Waals surface area (Å²) >= 11 is 3.47. The van der Waals surface area contributed by atoms with Gasteiger partial charge < -0.3 is 10.4 Å². The maximum absolute atomic E-state index is 9.95. The third-order valence-corrected chi connectivity index (χ3v) is 6.87. The van der Waals surface area contributed by atoms with Gasteiger partial charge in [0, 0.05) is 22.6 Å². The summed E-state index contributed by atoms with van der Waals surface area (Å²) in [6, 6.07) is 6.20. The van der Waals surface area contributed by atoms with Gasteiger partial charge in [-0.25, -0.2) is 0 Å². The van der Waals surface area contributed by atoms with Gasteiger partial charge in [0.05, 0.1) is 0 Å². The van der Waals surface area contributed by atoms with Gasteiger partial charge in [-0.15, -0.1) is 0 Å². The van der Waals surface area contributed by atoms with Gasteiger partial charge in [0.1, 0.15) is 5.75 Å². The number of phenols is 1. The second-order valence-corrected chi connectivity index (χ2v) is 8.23. The quantitative estimate of drug-likeness (QED) is 0.853. The Bertz CT molecular complexity index is 528. The maximum Gasteiger partial charge on any atom is 0.120 e. The fraction of sp³-hybridized carbons (Fsp3) is 0.647. The third-order valence-electron chi connectivity index (χ3n) is 6.37. The molecule has 0 saturated heterocycles. The molecule has 110 valence electrons. The van der Waals surface area contributed by atoms with Crippen LogP contribution in [0.25, 0.3) is 0 Å². The molecule has 0 aliphatic heterocycles. The molecule has 3 rings (SSSR count). The minimum absolute atomic E-state index is 0.383. The van der Waals surface area contributed by atoms with E-state index < -0.39 is 0 Å². The van der Waals surface area contributed by atoms with Gasteiger partial charge in [0.15, 0.2) is 0 Å². The topological polar surface area (TPSA) is 32.3 Å². The summed E-state index contributed by atoms with van der Waals surface area (Å²) < 4.78 is 1.02. The van der Waals surface area contributed by atoms with Gasteiger partial charge in [0.25, 0.3) is 0 Å². The van der Waals surface area contributed by atoms with Crippen LogP contribution in [0.2, 0.25) is 0 Å². The van der Waals surface area contributed by atoms with E-state index in [1.807, 2.05) is 12.1 Å². The minimum atomic E-state index is 0.383. The summed E-state index contributed by atoms with van der Waals surface area (Å²) in [5.41, 5.74) is 1.80. The molecular weight excluding hydrogens is 314 g/mol. The van der Waals surface area contributed by atoms with Crippen LogP contribution >= 0.6 is 15.9 Å². The number of hydrogen-bond acceptors (Lipinski definition) is 2. The Balaban J connectivity index is 1.73. The molecule has 2 aliphatic rings. The van der Waals surface area contributed by atoms with Crippen molar-refractivity contribution in [3.05, 3.63) is 28.2 Å². The molecule has 1 aromatic rings. The van der Waals surface area contributed by atoms with Crippen molar-refractivity contribution < 1.29 is 5.11 Å². The van der Waals surface area contributed by atoms with E-state index in [2.05, 4.69) is 42.0 Å². The fourth-order valence-corrected chi connectivity index (χ4v) is 4.85. The lowest BCUT2D eigenvalue weighted by Gasteiger charge is -2.39. The summed E-state index contributed by atoms with van der Waals surface area (Å²) in [6.07, 6.45) is 3.98. The van der Waals surface area contributed by atoms with Gasteiger partial charge in [0.2, 0.25) is 0 Å². The Morgan fingerprint density at radius 1 is 1.35 bits per heavy atom. The molecule has 2 nitrogen and oxygen atoms in total. The predicted molar refractivity (Wildman–Crippen MR) is 85.7 cm³/mol. The number of halogens is 1. The zero-order valence-corrected chi connectivity index (χ0v) is 14.1. The highest BCUT2D eigenvalue weighted by atomic mass is 79.9. The Hall–Kier alpha value is -0.540. The van der Waals surface area contributed by atoms with E-state index in [-0.39, 0.29) is 0 Å². The largest absolute Gasteiger partial charge is 0.508 e. The summed E-state index contributed by atoms with van der Waals surface area (Å²) in [5.74, 6) is 1.23. The van der Waals surface area contributed by atoms with E-state index in [4.69, 9.17) is 0 Å². The van der Waals surface area contributed by atoms with Crippen molar-refractivity contribution in [2.45, 2.75) is 52.6 Å². The summed E-state index contributed by atoms with van der Waals surface area (Å²) in [5, 5.41) is 13.7. The van der Waals surface area contributed by atoms with E-state index in [1.165, 1.54) is 19.3 Å². The van der Waals surface area contributed by atoms with Crippen LogP contribution in [0.15, 0.2) is 22.7 Å². The summed E-state index contributed by atoms with van der Waals surface area (Å²) in [4.78, 5) is 0. The number of rotatable bonds is 3. The first-order chi connectivity index (χ1) is 9.34. The lowest BCUT2D eigenvalue weighted by atomic mass is 9.69. The first kappa shape index (κ1) is 14.4. The molecule has 3 heteroatoms.